The van der Waals surface area contributed by atoms with Gasteiger partial charge in [0.25, 0.3) is 5.91 Å². The molecule has 0 saturated carbocycles. The number of rotatable bonds is 3. The zero-order valence-electron chi connectivity index (χ0n) is 9.36. The molecule has 2 nitrogen and oxygen atoms in total. The number of hydrogen-bond donors (Lipinski definition) is 0. The topological polar surface area (TPSA) is 20.3 Å². The van der Waals surface area contributed by atoms with E-state index in [1.54, 1.807) is 0 Å². The van der Waals surface area contributed by atoms with Gasteiger partial charge in [0, 0.05) is 18.2 Å². The van der Waals surface area contributed by atoms with Gasteiger partial charge >= 0.3 is 0 Å². The lowest BCUT2D eigenvalue weighted by atomic mass is 10.1. The summed E-state index contributed by atoms with van der Waals surface area (Å²) >= 11 is 0. The molecule has 1 aromatic rings. The summed E-state index contributed by atoms with van der Waals surface area (Å²) in [4.78, 5) is 14.1. The highest BCUT2D eigenvalue weighted by Crippen LogP contribution is 2.26. The molecule has 0 N–H and O–H groups in total. The van der Waals surface area contributed by atoms with E-state index in [1.165, 1.54) is 5.56 Å². The Bertz CT molecular complexity index is 369. The SMILES string of the molecule is CCC(CC)N1Cc2ccccc2C1=O. The maximum Gasteiger partial charge on any atom is 0.254 e. The number of carbonyl (C=O) groups is 1. The van der Waals surface area contributed by atoms with Crippen LogP contribution in [0.1, 0.15) is 42.6 Å². The fourth-order valence-corrected chi connectivity index (χ4v) is 2.30. The van der Waals surface area contributed by atoms with Gasteiger partial charge < -0.3 is 4.90 Å². The minimum atomic E-state index is 0.208. The third kappa shape index (κ3) is 1.65. The number of benzene rings is 1. The molecule has 1 aromatic carbocycles. The molecule has 0 aliphatic carbocycles. The van der Waals surface area contributed by atoms with Crippen molar-refractivity contribution in [1.29, 1.82) is 0 Å². The number of amides is 1. The third-order valence-electron chi connectivity index (χ3n) is 3.23. The van der Waals surface area contributed by atoms with E-state index in [-0.39, 0.29) is 5.91 Å². The molecule has 0 radical (unpaired) electrons. The second-order valence-electron chi connectivity index (χ2n) is 4.06. The van der Waals surface area contributed by atoms with Crippen LogP contribution < -0.4 is 0 Å². The normalized spacial score (nSPS) is 14.9. The van der Waals surface area contributed by atoms with E-state index in [1.807, 2.05) is 23.1 Å². The van der Waals surface area contributed by atoms with Gasteiger partial charge in [0.15, 0.2) is 0 Å². The summed E-state index contributed by atoms with van der Waals surface area (Å²) in [6.45, 7) is 5.08. The lowest BCUT2D eigenvalue weighted by Gasteiger charge is -2.25. The van der Waals surface area contributed by atoms with Gasteiger partial charge in [-0.15, -0.1) is 0 Å². The molecule has 0 atom stereocenters. The summed E-state index contributed by atoms with van der Waals surface area (Å²) < 4.78 is 0. The van der Waals surface area contributed by atoms with Crippen LogP contribution in [0.2, 0.25) is 0 Å². The molecule has 0 aromatic heterocycles. The Morgan fingerprint density at radius 2 is 1.93 bits per heavy atom. The Morgan fingerprint density at radius 1 is 1.27 bits per heavy atom. The molecule has 80 valence electrons. The fraction of sp³-hybridized carbons (Fsp3) is 0.462. The molecule has 0 unspecified atom stereocenters. The predicted octanol–water partition coefficient (Wildman–Crippen LogP) is 2.83. The van der Waals surface area contributed by atoms with Crippen molar-refractivity contribution in [3.63, 3.8) is 0 Å². The molecule has 15 heavy (non-hydrogen) atoms. The summed E-state index contributed by atoms with van der Waals surface area (Å²) in [6.07, 6.45) is 2.08. The van der Waals surface area contributed by atoms with E-state index in [4.69, 9.17) is 0 Å². The van der Waals surface area contributed by atoms with Crippen molar-refractivity contribution in [2.45, 2.75) is 39.3 Å². The average Bonchev–Trinajstić information content (AvgIpc) is 2.60. The van der Waals surface area contributed by atoms with Crippen molar-refractivity contribution in [1.82, 2.24) is 4.90 Å². The third-order valence-corrected chi connectivity index (χ3v) is 3.23. The van der Waals surface area contributed by atoms with Crippen LogP contribution in [-0.2, 0) is 6.54 Å². The zero-order valence-corrected chi connectivity index (χ0v) is 9.36. The van der Waals surface area contributed by atoms with Crippen LogP contribution in [0.25, 0.3) is 0 Å². The van der Waals surface area contributed by atoms with Gasteiger partial charge in [-0.3, -0.25) is 4.79 Å². The number of nitrogens with zero attached hydrogens (tertiary/aromatic N) is 1. The Kier molecular flexibility index (Phi) is 2.76. The minimum absolute atomic E-state index is 0.208. The molecule has 2 rings (SSSR count). The van der Waals surface area contributed by atoms with Gasteiger partial charge in [-0.25, -0.2) is 0 Å². The second-order valence-corrected chi connectivity index (χ2v) is 4.06. The Labute approximate surface area is 90.9 Å². The summed E-state index contributed by atoms with van der Waals surface area (Å²) in [5.41, 5.74) is 2.07. The maximum absolute atomic E-state index is 12.1. The summed E-state index contributed by atoms with van der Waals surface area (Å²) in [6, 6.07) is 8.32. The maximum atomic E-state index is 12.1. The van der Waals surface area contributed by atoms with Crippen LogP contribution in [-0.4, -0.2) is 16.8 Å². The molecule has 0 fully saturated rings. The molecule has 0 saturated heterocycles. The van der Waals surface area contributed by atoms with Crippen molar-refractivity contribution in [3.05, 3.63) is 35.4 Å². The second kappa shape index (κ2) is 4.05. The first kappa shape index (κ1) is 10.2. The smallest absolute Gasteiger partial charge is 0.254 e. The van der Waals surface area contributed by atoms with Crippen molar-refractivity contribution in [3.8, 4) is 0 Å². The average molecular weight is 203 g/mol. The first-order valence-corrected chi connectivity index (χ1v) is 5.66. The molecular weight excluding hydrogens is 186 g/mol. The molecule has 1 aliphatic heterocycles. The van der Waals surface area contributed by atoms with Gasteiger partial charge in [0.1, 0.15) is 0 Å². The highest BCUT2D eigenvalue weighted by molar-refractivity contribution is 5.98. The number of carbonyl (C=O) groups excluding carboxylic acids is 1. The molecule has 2 heteroatoms. The largest absolute Gasteiger partial charge is 0.331 e. The van der Waals surface area contributed by atoms with E-state index in [2.05, 4.69) is 19.9 Å². The van der Waals surface area contributed by atoms with E-state index < -0.39 is 0 Å². The molecule has 1 amide bonds. The monoisotopic (exact) mass is 203 g/mol. The Morgan fingerprint density at radius 3 is 2.53 bits per heavy atom. The van der Waals surface area contributed by atoms with Gasteiger partial charge in [0.05, 0.1) is 0 Å². The highest BCUT2D eigenvalue weighted by Gasteiger charge is 2.30. The summed E-state index contributed by atoms with van der Waals surface area (Å²) in [5, 5.41) is 0. The number of hydrogen-bond acceptors (Lipinski definition) is 1. The first-order valence-electron chi connectivity index (χ1n) is 5.66. The quantitative estimate of drug-likeness (QED) is 0.739. The lowest BCUT2D eigenvalue weighted by molar-refractivity contribution is 0.0693. The van der Waals surface area contributed by atoms with Crippen LogP contribution in [0.4, 0.5) is 0 Å². The van der Waals surface area contributed by atoms with Crippen LogP contribution in [0.3, 0.4) is 0 Å². The summed E-state index contributed by atoms with van der Waals surface area (Å²) in [7, 11) is 0. The summed E-state index contributed by atoms with van der Waals surface area (Å²) in [5.74, 6) is 0.208. The van der Waals surface area contributed by atoms with E-state index in [9.17, 15) is 4.79 Å². The van der Waals surface area contributed by atoms with Crippen molar-refractivity contribution in [2.24, 2.45) is 0 Å². The highest BCUT2D eigenvalue weighted by atomic mass is 16.2. The van der Waals surface area contributed by atoms with Gasteiger partial charge in [-0.1, -0.05) is 32.0 Å². The predicted molar refractivity (Wildman–Crippen MR) is 60.7 cm³/mol. The van der Waals surface area contributed by atoms with Crippen LogP contribution in [0, 0.1) is 0 Å². The minimum Gasteiger partial charge on any atom is -0.331 e. The van der Waals surface area contributed by atoms with Gasteiger partial charge in [-0.2, -0.15) is 0 Å². The molecular formula is C13H17NO. The van der Waals surface area contributed by atoms with Gasteiger partial charge in [0.2, 0.25) is 0 Å². The van der Waals surface area contributed by atoms with Crippen molar-refractivity contribution in [2.75, 3.05) is 0 Å². The zero-order chi connectivity index (χ0) is 10.8. The van der Waals surface area contributed by atoms with Crippen LogP contribution >= 0.6 is 0 Å². The number of fused-ring (bicyclic) bond motifs is 1. The standard InChI is InChI=1S/C13H17NO/c1-3-11(4-2)14-9-10-7-5-6-8-12(10)13(14)15/h5-8,11H,3-4,9H2,1-2H3. The Balaban J connectivity index is 2.27. The lowest BCUT2D eigenvalue weighted by Crippen LogP contribution is -2.34. The van der Waals surface area contributed by atoms with Crippen molar-refractivity contribution >= 4 is 5.91 Å². The fourth-order valence-electron chi connectivity index (χ4n) is 2.30. The molecule has 1 heterocycles. The Hall–Kier alpha value is -1.31. The first-order chi connectivity index (χ1) is 7.27. The molecule has 0 spiro atoms. The molecule has 0 bridgehead atoms. The van der Waals surface area contributed by atoms with E-state index in [0.29, 0.717) is 6.04 Å². The van der Waals surface area contributed by atoms with Crippen LogP contribution in [0.15, 0.2) is 24.3 Å². The van der Waals surface area contributed by atoms with Crippen LogP contribution in [0.5, 0.6) is 0 Å². The van der Waals surface area contributed by atoms with Crippen molar-refractivity contribution < 1.29 is 4.79 Å². The van der Waals surface area contributed by atoms with Gasteiger partial charge in [-0.05, 0) is 24.5 Å². The van der Waals surface area contributed by atoms with E-state index >= 15 is 0 Å². The van der Waals surface area contributed by atoms with E-state index in [0.717, 1.165) is 24.9 Å². The molecule has 1 aliphatic rings.